The molecular formula is C15H20N2O4. The Balaban J connectivity index is 2.14. The smallest absolute Gasteiger partial charge is 0.330 e. The van der Waals surface area contributed by atoms with Gasteiger partial charge in [-0.05, 0) is 19.4 Å². The van der Waals surface area contributed by atoms with E-state index in [1.54, 1.807) is 35.2 Å². The second kappa shape index (κ2) is 6.13. The van der Waals surface area contributed by atoms with Gasteiger partial charge in [-0.2, -0.15) is 0 Å². The molecule has 0 aliphatic carbocycles. The summed E-state index contributed by atoms with van der Waals surface area (Å²) in [6.07, 6.45) is 0. The van der Waals surface area contributed by atoms with Gasteiger partial charge in [0.15, 0.2) is 6.04 Å². The number of urea groups is 1. The Morgan fingerprint density at radius 2 is 2.00 bits per heavy atom. The van der Waals surface area contributed by atoms with Crippen LogP contribution in [0.2, 0.25) is 0 Å². The first kappa shape index (κ1) is 15.3. The van der Waals surface area contributed by atoms with Crippen LogP contribution in [-0.4, -0.2) is 47.3 Å². The molecule has 1 aromatic rings. The number of carboxylic acid groups (broad SMARTS) is 1. The largest absolute Gasteiger partial charge is 0.479 e. The number of hydrogen-bond donors (Lipinski definition) is 2. The molecule has 6 heteroatoms. The second-order valence-electron chi connectivity index (χ2n) is 5.65. The molecule has 2 N–H and O–H groups in total. The third-order valence-corrected chi connectivity index (χ3v) is 3.54. The minimum atomic E-state index is -1.08. The molecule has 1 fully saturated rings. The van der Waals surface area contributed by atoms with Gasteiger partial charge in [-0.3, -0.25) is 0 Å². The Labute approximate surface area is 123 Å². The first-order chi connectivity index (χ1) is 9.92. The van der Waals surface area contributed by atoms with Crippen molar-refractivity contribution in [2.75, 3.05) is 19.8 Å². The molecule has 2 rings (SSSR count). The van der Waals surface area contributed by atoms with E-state index in [1.807, 2.05) is 13.8 Å². The van der Waals surface area contributed by atoms with Gasteiger partial charge in [0.25, 0.3) is 0 Å². The number of carbonyl (C=O) groups excluding carboxylic acids is 1. The first-order valence-electron chi connectivity index (χ1n) is 6.85. The van der Waals surface area contributed by atoms with Crippen LogP contribution in [0.15, 0.2) is 30.3 Å². The van der Waals surface area contributed by atoms with Crippen molar-refractivity contribution in [1.29, 1.82) is 0 Å². The summed E-state index contributed by atoms with van der Waals surface area (Å²) in [7, 11) is 0. The van der Waals surface area contributed by atoms with E-state index >= 15 is 0 Å². The zero-order valence-corrected chi connectivity index (χ0v) is 12.2. The van der Waals surface area contributed by atoms with Gasteiger partial charge in [0.2, 0.25) is 0 Å². The fourth-order valence-electron chi connectivity index (χ4n) is 2.37. The number of ether oxygens (including phenoxy) is 1. The fourth-order valence-corrected chi connectivity index (χ4v) is 2.37. The lowest BCUT2D eigenvalue weighted by atomic mass is 10.0. The monoisotopic (exact) mass is 292 g/mol. The number of carbonyl (C=O) groups is 2. The van der Waals surface area contributed by atoms with Crippen LogP contribution >= 0.6 is 0 Å². The van der Waals surface area contributed by atoms with Crippen LogP contribution in [0.4, 0.5) is 4.79 Å². The molecular weight excluding hydrogens is 272 g/mol. The highest BCUT2D eigenvalue weighted by atomic mass is 16.5. The molecule has 1 aliphatic heterocycles. The number of nitrogens with one attached hydrogen (secondary N) is 1. The number of carboxylic acids is 1. The van der Waals surface area contributed by atoms with E-state index in [4.69, 9.17) is 4.74 Å². The molecule has 1 heterocycles. The number of benzene rings is 1. The third kappa shape index (κ3) is 3.52. The van der Waals surface area contributed by atoms with Gasteiger partial charge in [-0.1, -0.05) is 30.3 Å². The summed E-state index contributed by atoms with van der Waals surface area (Å²) in [4.78, 5) is 25.4. The highest BCUT2D eigenvalue weighted by molar-refractivity contribution is 5.84. The molecule has 0 spiro atoms. The van der Waals surface area contributed by atoms with Gasteiger partial charge in [-0.25, -0.2) is 9.59 Å². The Morgan fingerprint density at radius 3 is 2.57 bits per heavy atom. The minimum absolute atomic E-state index is 0.389. The van der Waals surface area contributed by atoms with Crippen LogP contribution in [0.25, 0.3) is 0 Å². The topological polar surface area (TPSA) is 78.9 Å². The number of aliphatic carboxylic acids is 1. The average molecular weight is 292 g/mol. The molecule has 1 aromatic carbocycles. The molecule has 21 heavy (non-hydrogen) atoms. The van der Waals surface area contributed by atoms with Crippen molar-refractivity contribution in [1.82, 2.24) is 10.2 Å². The van der Waals surface area contributed by atoms with Gasteiger partial charge in [0, 0.05) is 6.54 Å². The number of rotatable bonds is 3. The van der Waals surface area contributed by atoms with Crippen molar-refractivity contribution in [3.05, 3.63) is 35.9 Å². The van der Waals surface area contributed by atoms with Crippen molar-refractivity contribution in [2.45, 2.75) is 25.4 Å². The molecule has 1 aliphatic rings. The van der Waals surface area contributed by atoms with E-state index in [0.717, 1.165) is 0 Å². The standard InChI is InChI=1S/C15H20N2O4/c1-15(2)10-21-9-8-17(15)14(20)16-12(13(18)19)11-6-4-3-5-7-11/h3-7,12H,8-10H2,1-2H3,(H,16,20)(H,18,19)/t12-/m0/s1. The van der Waals surface area contributed by atoms with Gasteiger partial charge in [0.1, 0.15) is 0 Å². The highest BCUT2D eigenvalue weighted by Crippen LogP contribution is 2.20. The molecule has 0 saturated carbocycles. The summed E-state index contributed by atoms with van der Waals surface area (Å²) in [5, 5.41) is 11.9. The van der Waals surface area contributed by atoms with E-state index in [1.165, 1.54) is 0 Å². The number of hydrogen-bond acceptors (Lipinski definition) is 3. The maximum Gasteiger partial charge on any atom is 0.330 e. The van der Waals surface area contributed by atoms with Crippen LogP contribution in [0.3, 0.4) is 0 Å². The molecule has 6 nitrogen and oxygen atoms in total. The number of morpholine rings is 1. The van der Waals surface area contributed by atoms with Crippen molar-refractivity contribution >= 4 is 12.0 Å². The highest BCUT2D eigenvalue weighted by Gasteiger charge is 2.36. The van der Waals surface area contributed by atoms with E-state index in [-0.39, 0.29) is 6.03 Å². The van der Waals surface area contributed by atoms with Crippen molar-refractivity contribution in [2.24, 2.45) is 0 Å². The van der Waals surface area contributed by atoms with Gasteiger partial charge < -0.3 is 20.1 Å². The van der Waals surface area contributed by atoms with Crippen LogP contribution < -0.4 is 5.32 Å². The Kier molecular flexibility index (Phi) is 4.47. The van der Waals surface area contributed by atoms with Crippen LogP contribution in [0.5, 0.6) is 0 Å². The summed E-state index contributed by atoms with van der Waals surface area (Å²) < 4.78 is 5.36. The van der Waals surface area contributed by atoms with Gasteiger partial charge in [0.05, 0.1) is 18.8 Å². The SMILES string of the molecule is CC1(C)COCCN1C(=O)N[C@H](C(=O)O)c1ccccc1. The molecule has 1 saturated heterocycles. The lowest BCUT2D eigenvalue weighted by Gasteiger charge is -2.42. The van der Waals surface area contributed by atoms with E-state index in [9.17, 15) is 14.7 Å². The summed E-state index contributed by atoms with van der Waals surface area (Å²) in [6, 6.07) is 7.21. The van der Waals surface area contributed by atoms with E-state index in [2.05, 4.69) is 5.32 Å². The Hall–Kier alpha value is -2.08. The quantitative estimate of drug-likeness (QED) is 0.887. The lowest BCUT2D eigenvalue weighted by Crippen LogP contribution is -2.59. The zero-order chi connectivity index (χ0) is 15.5. The minimum Gasteiger partial charge on any atom is -0.479 e. The average Bonchev–Trinajstić information content (AvgIpc) is 2.44. The predicted molar refractivity (Wildman–Crippen MR) is 77.0 cm³/mol. The fraction of sp³-hybridized carbons (Fsp3) is 0.467. The molecule has 0 radical (unpaired) electrons. The molecule has 0 aromatic heterocycles. The van der Waals surface area contributed by atoms with Gasteiger partial charge in [-0.15, -0.1) is 0 Å². The van der Waals surface area contributed by atoms with Crippen LogP contribution in [0.1, 0.15) is 25.5 Å². The molecule has 0 unspecified atom stereocenters. The van der Waals surface area contributed by atoms with Crippen molar-refractivity contribution in [3.8, 4) is 0 Å². The summed E-state index contributed by atoms with van der Waals surface area (Å²) >= 11 is 0. The summed E-state index contributed by atoms with van der Waals surface area (Å²) in [6.45, 7) is 5.12. The first-order valence-corrected chi connectivity index (χ1v) is 6.85. The summed E-state index contributed by atoms with van der Waals surface area (Å²) in [5.74, 6) is -1.08. The third-order valence-electron chi connectivity index (χ3n) is 3.54. The van der Waals surface area contributed by atoms with Crippen molar-refractivity contribution < 1.29 is 19.4 Å². The van der Waals surface area contributed by atoms with Crippen LogP contribution in [0, 0.1) is 0 Å². The predicted octanol–water partition coefficient (Wildman–Crippen LogP) is 1.63. The molecule has 1 atom stereocenters. The second-order valence-corrected chi connectivity index (χ2v) is 5.65. The molecule has 0 bridgehead atoms. The molecule has 114 valence electrons. The Bertz CT molecular complexity index is 516. The zero-order valence-electron chi connectivity index (χ0n) is 12.2. The van der Waals surface area contributed by atoms with Crippen LogP contribution in [-0.2, 0) is 9.53 Å². The summed E-state index contributed by atoms with van der Waals surface area (Å²) in [5.41, 5.74) is 0.0895. The van der Waals surface area contributed by atoms with E-state index in [0.29, 0.717) is 25.3 Å². The lowest BCUT2D eigenvalue weighted by molar-refractivity contribution is -0.139. The maximum atomic E-state index is 12.4. The van der Waals surface area contributed by atoms with Crippen molar-refractivity contribution in [3.63, 3.8) is 0 Å². The maximum absolute atomic E-state index is 12.4. The van der Waals surface area contributed by atoms with Gasteiger partial charge >= 0.3 is 12.0 Å². The molecule has 2 amide bonds. The Morgan fingerprint density at radius 1 is 1.33 bits per heavy atom. The van der Waals surface area contributed by atoms with E-state index < -0.39 is 17.6 Å². The number of amides is 2. The normalized spacial score (nSPS) is 18.9. The number of nitrogens with zero attached hydrogens (tertiary/aromatic N) is 1.